The largest absolute Gasteiger partial charge is 0.310 e. The molecule has 2 aliphatic rings. The minimum Gasteiger partial charge on any atom is -0.310 e. The Morgan fingerprint density at radius 1 is 0.239 bits per heavy atom. The molecule has 19 rings (SSSR count). The van der Waals surface area contributed by atoms with Gasteiger partial charge in [-0.25, -0.2) is 0 Å². The Labute approximate surface area is 667 Å². The molecule has 0 saturated heterocycles. The summed E-state index contributed by atoms with van der Waals surface area (Å²) in [6.45, 7) is 21.1. The van der Waals surface area contributed by atoms with Gasteiger partial charge in [0.25, 0.3) is 6.71 Å². The van der Waals surface area contributed by atoms with Gasteiger partial charge < -0.3 is 14.4 Å². The lowest BCUT2D eigenvalue weighted by Gasteiger charge is -2.47. The standard InChI is InChI=1S/C108H90BN3Si/c1-106(2,3)81-65-89(75-41-23-12-24-42-75)104(90(66-81)76-43-25-13-26-44-76)111-99-62-58-88(113(85-49-31-16-32-50-85,86-51-33-17-34-52-86)87-53-35-18-36-54-87)72-96(99)109-95-59-57-84(110-97-60-55-79(73-37-19-10-20-38-73)63-93(97)94-64-80(56-61-98(94)110)74-39-21-11-22-40-74)71-100(95)112(102-70-83(108(7,8)9)69-101(111)103(102)109)105-91(77-45-27-14-28-46-77)67-82(107(4,5)6)68-92(105)78-47-29-15-30-48-78/h10-72H,1-9H3. The highest BCUT2D eigenvalue weighted by Gasteiger charge is 2.49. The average molecular weight is 1470 g/mol. The van der Waals surface area contributed by atoms with E-state index in [2.05, 4.69) is 459 Å². The number of hydrogen-bond donors (Lipinski definition) is 0. The van der Waals surface area contributed by atoms with Gasteiger partial charge in [0.2, 0.25) is 0 Å². The van der Waals surface area contributed by atoms with Gasteiger partial charge in [0.05, 0.1) is 22.4 Å². The van der Waals surface area contributed by atoms with Crippen molar-refractivity contribution >= 4 is 108 Å². The van der Waals surface area contributed by atoms with Crippen molar-refractivity contribution in [1.29, 1.82) is 0 Å². The van der Waals surface area contributed by atoms with Gasteiger partial charge in [-0.3, -0.25) is 0 Å². The molecule has 0 spiro atoms. The Hall–Kier alpha value is -12.8. The first-order valence-electron chi connectivity index (χ1n) is 40.0. The Bertz CT molecular complexity index is 6130. The highest BCUT2D eigenvalue weighted by Crippen LogP contribution is 2.55. The fourth-order valence-electron chi connectivity index (χ4n) is 18.2. The molecule has 0 atom stereocenters. The second-order valence-electron chi connectivity index (χ2n) is 34.0. The summed E-state index contributed by atoms with van der Waals surface area (Å²) in [7, 11) is -3.23. The van der Waals surface area contributed by atoms with Gasteiger partial charge in [0.15, 0.2) is 8.07 Å². The summed E-state index contributed by atoms with van der Waals surface area (Å²) in [4.78, 5) is 5.51. The predicted octanol–water partition coefficient (Wildman–Crippen LogP) is 24.1. The first-order valence-corrected chi connectivity index (χ1v) is 42.0. The Morgan fingerprint density at radius 2 is 0.566 bits per heavy atom. The topological polar surface area (TPSA) is 11.4 Å². The summed E-state index contributed by atoms with van der Waals surface area (Å²) in [6, 6.07) is 146. The number of hydrogen-bond acceptors (Lipinski definition) is 2. The molecule has 0 N–H and O–H groups in total. The molecular formula is C108H90BN3Si. The third kappa shape index (κ3) is 12.2. The maximum absolute atomic E-state index is 3.23. The van der Waals surface area contributed by atoms with Crippen molar-refractivity contribution in [2.24, 2.45) is 0 Å². The molecule has 5 heteroatoms. The Balaban J connectivity index is 1.01. The molecule has 113 heavy (non-hydrogen) atoms. The lowest BCUT2D eigenvalue weighted by Crippen LogP contribution is -2.75. The van der Waals surface area contributed by atoms with E-state index in [1.165, 1.54) is 98.0 Å². The van der Waals surface area contributed by atoms with Crippen molar-refractivity contribution < 1.29 is 0 Å². The van der Waals surface area contributed by atoms with Crippen LogP contribution in [0.1, 0.15) is 79.0 Å². The lowest BCUT2D eigenvalue weighted by atomic mass is 9.33. The molecule has 16 aromatic carbocycles. The minimum atomic E-state index is -3.23. The van der Waals surface area contributed by atoms with Gasteiger partial charge in [-0.1, -0.05) is 366 Å². The summed E-state index contributed by atoms with van der Waals surface area (Å²) in [5.74, 6) is 0. The Kier molecular flexibility index (Phi) is 17.4. The summed E-state index contributed by atoms with van der Waals surface area (Å²) in [5.41, 5.74) is 31.0. The van der Waals surface area contributed by atoms with Crippen molar-refractivity contribution in [2.45, 2.75) is 78.6 Å². The first kappa shape index (κ1) is 70.6. The van der Waals surface area contributed by atoms with Crippen LogP contribution in [0.25, 0.3) is 94.3 Å². The molecule has 3 nitrogen and oxygen atoms in total. The molecule has 17 aromatic rings. The molecule has 1 aromatic heterocycles. The van der Waals surface area contributed by atoms with Crippen LogP contribution >= 0.6 is 0 Å². The molecule has 0 fully saturated rings. The van der Waals surface area contributed by atoms with E-state index in [1.54, 1.807) is 0 Å². The maximum Gasteiger partial charge on any atom is 0.252 e. The zero-order valence-corrected chi connectivity index (χ0v) is 66.8. The molecular weight excluding hydrogens is 1380 g/mol. The Morgan fingerprint density at radius 3 is 0.920 bits per heavy atom. The van der Waals surface area contributed by atoms with Crippen LogP contribution in [0.2, 0.25) is 0 Å². The number of nitrogens with zero attached hydrogens (tertiary/aromatic N) is 3. The van der Waals surface area contributed by atoms with Crippen molar-refractivity contribution in [3.05, 3.63) is 399 Å². The normalized spacial score (nSPS) is 12.8. The molecule has 0 saturated carbocycles. The molecule has 0 unspecified atom stereocenters. The van der Waals surface area contributed by atoms with Gasteiger partial charge in [0, 0.05) is 61.5 Å². The van der Waals surface area contributed by atoms with Crippen molar-refractivity contribution in [3.8, 4) is 72.4 Å². The van der Waals surface area contributed by atoms with Crippen LogP contribution in [0.5, 0.6) is 0 Å². The van der Waals surface area contributed by atoms with E-state index in [1.807, 2.05) is 0 Å². The van der Waals surface area contributed by atoms with Crippen molar-refractivity contribution in [3.63, 3.8) is 0 Å². The fraction of sp³-hybridized carbons (Fsp3) is 0.111. The predicted molar refractivity (Wildman–Crippen MR) is 487 cm³/mol. The van der Waals surface area contributed by atoms with Crippen LogP contribution in [-0.4, -0.2) is 19.4 Å². The van der Waals surface area contributed by atoms with Gasteiger partial charge in [-0.15, -0.1) is 0 Å². The summed E-state index contributed by atoms with van der Waals surface area (Å²) >= 11 is 0. The van der Waals surface area contributed by atoms with Crippen molar-refractivity contribution in [2.75, 3.05) is 9.80 Å². The molecule has 2 aliphatic heterocycles. The van der Waals surface area contributed by atoms with Gasteiger partial charge in [-0.2, -0.15) is 0 Å². The monoisotopic (exact) mass is 1470 g/mol. The number of benzene rings is 16. The zero-order chi connectivity index (χ0) is 76.9. The number of rotatable bonds is 13. The number of fused-ring (bicyclic) bond motifs is 7. The summed E-state index contributed by atoms with van der Waals surface area (Å²) < 4.78 is 2.56. The van der Waals surface area contributed by atoms with Gasteiger partial charge >= 0.3 is 0 Å². The fourth-order valence-corrected chi connectivity index (χ4v) is 23.0. The number of aromatic nitrogens is 1. The third-order valence-corrected chi connectivity index (χ3v) is 28.7. The van der Waals surface area contributed by atoms with E-state index >= 15 is 0 Å². The van der Waals surface area contributed by atoms with Crippen LogP contribution in [0.15, 0.2) is 382 Å². The SMILES string of the molecule is CC(C)(C)c1cc(-c2ccccc2)c(N2c3ccc([Si](c4ccccc4)(c4ccccc4)c4ccccc4)cc3B3c4ccc(-n5c6ccc(-c7ccccc7)cc6c6cc(-c7ccccc7)ccc65)cc4N(c4c(-c5ccccc5)cc(C(C)(C)C)cc4-c4ccccc4)c4cc(C(C)(C)C)cc2c43)c(-c2ccccc2)c1. The molecule has 0 bridgehead atoms. The van der Waals surface area contributed by atoms with E-state index < -0.39 is 8.07 Å². The molecule has 3 heterocycles. The second kappa shape index (κ2) is 27.9. The number of anilines is 6. The van der Waals surface area contributed by atoms with E-state index in [0.29, 0.717) is 0 Å². The highest BCUT2D eigenvalue weighted by atomic mass is 28.3. The lowest BCUT2D eigenvalue weighted by molar-refractivity contribution is 0.590. The maximum atomic E-state index is 2.76. The molecule has 544 valence electrons. The van der Waals surface area contributed by atoms with Crippen LogP contribution in [0.3, 0.4) is 0 Å². The van der Waals surface area contributed by atoms with E-state index in [9.17, 15) is 0 Å². The average Bonchev–Trinajstić information content (AvgIpc) is 1.00. The third-order valence-electron chi connectivity index (χ3n) is 23.9. The molecule has 0 radical (unpaired) electrons. The molecule has 0 aliphatic carbocycles. The quantitative estimate of drug-likeness (QED) is 0.0842. The van der Waals surface area contributed by atoms with Gasteiger partial charge in [0.1, 0.15) is 0 Å². The molecule has 0 amide bonds. The zero-order valence-electron chi connectivity index (χ0n) is 65.8. The van der Waals surface area contributed by atoms with Crippen LogP contribution in [0, 0.1) is 0 Å². The van der Waals surface area contributed by atoms with Crippen LogP contribution in [-0.2, 0) is 16.2 Å². The smallest absolute Gasteiger partial charge is 0.252 e. The van der Waals surface area contributed by atoms with Crippen LogP contribution < -0.4 is 46.9 Å². The van der Waals surface area contributed by atoms with Crippen LogP contribution in [0.4, 0.5) is 34.1 Å². The highest BCUT2D eigenvalue weighted by molar-refractivity contribution is 7.20. The second-order valence-corrected chi connectivity index (χ2v) is 37.8. The van der Waals surface area contributed by atoms with Gasteiger partial charge in [-0.05, 0) is 193 Å². The summed E-state index contributed by atoms with van der Waals surface area (Å²) in [6.07, 6.45) is 0. The minimum absolute atomic E-state index is 0.203. The van der Waals surface area contributed by atoms with E-state index in [4.69, 9.17) is 0 Å². The first-order chi connectivity index (χ1) is 55.0. The van der Waals surface area contributed by atoms with E-state index in [-0.39, 0.29) is 23.0 Å². The summed E-state index contributed by atoms with van der Waals surface area (Å²) in [5, 5.41) is 7.70. The van der Waals surface area contributed by atoms with E-state index in [0.717, 1.165) is 84.2 Å². The van der Waals surface area contributed by atoms with Crippen molar-refractivity contribution in [1.82, 2.24) is 4.57 Å².